The van der Waals surface area contributed by atoms with Gasteiger partial charge in [-0.15, -0.1) is 0 Å². The Morgan fingerprint density at radius 1 is 1.03 bits per heavy atom. The summed E-state index contributed by atoms with van der Waals surface area (Å²) in [5.74, 6) is 0.915. The highest BCUT2D eigenvalue weighted by atomic mass is 16.7. The number of rotatable bonds is 4. The van der Waals surface area contributed by atoms with Gasteiger partial charge in [0.2, 0.25) is 6.79 Å². The van der Waals surface area contributed by atoms with Gasteiger partial charge in [0.15, 0.2) is 17.3 Å². The van der Waals surface area contributed by atoms with Crippen LogP contribution in [0.4, 0.5) is 5.69 Å². The molecule has 3 aromatic carbocycles. The first-order chi connectivity index (χ1) is 16.5. The zero-order chi connectivity index (χ0) is 23.7. The molecule has 0 bridgehead atoms. The van der Waals surface area contributed by atoms with E-state index in [0.29, 0.717) is 35.0 Å². The van der Waals surface area contributed by atoms with Gasteiger partial charge in [0.25, 0.3) is 5.91 Å². The Hall–Kier alpha value is -4.70. The van der Waals surface area contributed by atoms with Gasteiger partial charge in [-0.1, -0.05) is 42.5 Å². The number of anilines is 1. The zero-order valence-electron chi connectivity index (χ0n) is 18.3. The van der Waals surface area contributed by atoms with E-state index in [1.165, 1.54) is 13.0 Å². The molecule has 5 rings (SSSR count). The third-order valence-corrected chi connectivity index (χ3v) is 5.67. The maximum atomic E-state index is 13.1. The molecule has 7 heteroatoms. The van der Waals surface area contributed by atoms with Crippen molar-refractivity contribution in [2.75, 3.05) is 11.7 Å². The van der Waals surface area contributed by atoms with E-state index in [2.05, 4.69) is 4.99 Å². The molecule has 1 amide bonds. The number of hydrogen-bond donors (Lipinski definition) is 0. The minimum atomic E-state index is -0.653. The van der Waals surface area contributed by atoms with Crippen LogP contribution >= 0.6 is 0 Å². The summed E-state index contributed by atoms with van der Waals surface area (Å²) in [6.07, 6.45) is 1.48. The average molecular weight is 449 g/mol. The zero-order valence-corrected chi connectivity index (χ0v) is 18.3. The minimum Gasteiger partial charge on any atom is -0.454 e. The fraction of sp³-hybridized carbons (Fsp3) is 0.111. The van der Waals surface area contributed by atoms with Crippen LogP contribution in [-0.2, 0) is 11.3 Å². The smallest absolute Gasteiger partial charge is 0.289 e. The number of aliphatic imine (C=N–C) groups is 1. The van der Waals surface area contributed by atoms with Crippen LogP contribution in [0.15, 0.2) is 77.3 Å². The highest BCUT2D eigenvalue weighted by Crippen LogP contribution is 2.33. The molecule has 0 spiro atoms. The molecule has 0 N–H and O–H groups in total. The molecule has 0 saturated carbocycles. The van der Waals surface area contributed by atoms with Crippen molar-refractivity contribution in [1.29, 1.82) is 5.26 Å². The molecule has 0 unspecified atom stereocenters. The van der Waals surface area contributed by atoms with Gasteiger partial charge < -0.3 is 14.4 Å². The minimum absolute atomic E-state index is 0.0495. The van der Waals surface area contributed by atoms with Gasteiger partial charge in [-0.05, 0) is 48.4 Å². The normalized spacial score (nSPS) is 15.2. The molecule has 0 fully saturated rings. The van der Waals surface area contributed by atoms with Crippen molar-refractivity contribution < 1.29 is 19.1 Å². The van der Waals surface area contributed by atoms with Crippen molar-refractivity contribution in [3.8, 4) is 17.6 Å². The van der Waals surface area contributed by atoms with Crippen LogP contribution in [0.2, 0.25) is 0 Å². The lowest BCUT2D eigenvalue weighted by atomic mass is 10.1. The largest absolute Gasteiger partial charge is 0.454 e. The first kappa shape index (κ1) is 21.2. The van der Waals surface area contributed by atoms with Gasteiger partial charge in [-0.3, -0.25) is 9.59 Å². The van der Waals surface area contributed by atoms with E-state index >= 15 is 0 Å². The van der Waals surface area contributed by atoms with Crippen molar-refractivity contribution >= 4 is 29.3 Å². The molecule has 7 nitrogen and oxygen atoms in total. The summed E-state index contributed by atoms with van der Waals surface area (Å²) in [7, 11) is 0. The lowest BCUT2D eigenvalue weighted by molar-refractivity contribution is -0.113. The molecular weight excluding hydrogens is 430 g/mol. The van der Waals surface area contributed by atoms with Crippen molar-refractivity contribution in [1.82, 2.24) is 0 Å². The number of hydrogen-bond acceptors (Lipinski definition) is 5. The van der Waals surface area contributed by atoms with Crippen LogP contribution in [-0.4, -0.2) is 24.3 Å². The predicted octanol–water partition coefficient (Wildman–Crippen LogP) is 4.52. The van der Waals surface area contributed by atoms with Gasteiger partial charge >= 0.3 is 0 Å². The number of Topliss-reactive ketones (excluding diaryl/α,β-unsaturated/α-hetero) is 1. The lowest BCUT2D eigenvalue weighted by Crippen LogP contribution is -2.25. The van der Waals surface area contributed by atoms with E-state index in [1.54, 1.807) is 36.4 Å². The highest BCUT2D eigenvalue weighted by molar-refractivity contribution is 6.20. The van der Waals surface area contributed by atoms with E-state index < -0.39 is 5.91 Å². The van der Waals surface area contributed by atoms with Crippen molar-refractivity contribution in [3.05, 3.63) is 94.6 Å². The van der Waals surface area contributed by atoms with Crippen LogP contribution in [0.1, 0.15) is 34.0 Å². The molecule has 0 aromatic heterocycles. The van der Waals surface area contributed by atoms with Crippen LogP contribution in [0.3, 0.4) is 0 Å². The Morgan fingerprint density at radius 2 is 1.85 bits per heavy atom. The Morgan fingerprint density at radius 3 is 2.68 bits per heavy atom. The lowest BCUT2D eigenvalue weighted by Gasteiger charge is -2.19. The summed E-state index contributed by atoms with van der Waals surface area (Å²) in [5.41, 5.74) is 3.65. The molecule has 3 aromatic rings. The molecule has 2 aliphatic rings. The number of nitrogens with zero attached hydrogens (tertiary/aromatic N) is 3. The Bertz CT molecular complexity index is 1430. The number of fused-ring (bicyclic) bond motifs is 2. The highest BCUT2D eigenvalue weighted by Gasteiger charge is 2.28. The second-order valence-electron chi connectivity index (χ2n) is 7.87. The van der Waals surface area contributed by atoms with Crippen molar-refractivity contribution in [2.24, 2.45) is 4.99 Å². The molecule has 0 atom stereocenters. The summed E-state index contributed by atoms with van der Waals surface area (Å²) in [5, 5.41) is 9.69. The fourth-order valence-corrected chi connectivity index (χ4v) is 3.96. The van der Waals surface area contributed by atoms with E-state index in [0.717, 1.165) is 16.8 Å². The number of ether oxygens (including phenoxy) is 2. The second-order valence-corrected chi connectivity index (χ2v) is 7.87. The van der Waals surface area contributed by atoms with E-state index in [1.807, 2.05) is 41.3 Å². The van der Waals surface area contributed by atoms with Crippen LogP contribution in [0, 0.1) is 11.3 Å². The van der Waals surface area contributed by atoms with E-state index in [-0.39, 0.29) is 18.1 Å². The third-order valence-electron chi connectivity index (χ3n) is 5.67. The summed E-state index contributed by atoms with van der Waals surface area (Å²) in [6.45, 7) is 2.15. The standard InChI is InChI=1S/C27H19N3O4/c1-17(31)19-6-4-7-22(13-19)30-15-20-5-2-3-8-23(20)26(30)29-27(32)21(14-28)11-18-9-10-24-25(12-18)34-16-33-24/h2-13H,15-16H2,1H3/b21-11-,29-26?. The monoisotopic (exact) mass is 449 g/mol. The summed E-state index contributed by atoms with van der Waals surface area (Å²) in [6, 6.07) is 22.0. The number of amidine groups is 1. The SMILES string of the molecule is CC(=O)c1cccc(N2Cc3ccccc3C2=NC(=O)/C(C#N)=C\c2ccc3c(c2)OCO3)c1. The molecule has 2 heterocycles. The molecule has 2 aliphatic heterocycles. The summed E-state index contributed by atoms with van der Waals surface area (Å²) in [4.78, 5) is 31.3. The number of benzene rings is 3. The molecular formula is C27H19N3O4. The summed E-state index contributed by atoms with van der Waals surface area (Å²) >= 11 is 0. The molecule has 166 valence electrons. The fourth-order valence-electron chi connectivity index (χ4n) is 3.96. The number of carbonyl (C=O) groups excluding carboxylic acids is 2. The number of amides is 1. The average Bonchev–Trinajstić information content (AvgIpc) is 3.47. The predicted molar refractivity (Wildman–Crippen MR) is 127 cm³/mol. The molecule has 0 aliphatic carbocycles. The van der Waals surface area contributed by atoms with Crippen LogP contribution in [0.5, 0.6) is 11.5 Å². The first-order valence-corrected chi connectivity index (χ1v) is 10.6. The van der Waals surface area contributed by atoms with Crippen molar-refractivity contribution in [3.63, 3.8) is 0 Å². The quantitative estimate of drug-likeness (QED) is 0.330. The Labute approximate surface area is 196 Å². The Kier molecular flexibility index (Phi) is 5.40. The van der Waals surface area contributed by atoms with Gasteiger partial charge in [0, 0.05) is 16.8 Å². The van der Waals surface area contributed by atoms with E-state index in [9.17, 15) is 14.9 Å². The second kappa shape index (κ2) is 8.68. The van der Waals surface area contributed by atoms with Gasteiger partial charge in [0.05, 0.1) is 6.54 Å². The molecule has 0 saturated heterocycles. The maximum absolute atomic E-state index is 13.1. The summed E-state index contributed by atoms with van der Waals surface area (Å²) < 4.78 is 10.7. The number of nitriles is 1. The van der Waals surface area contributed by atoms with Gasteiger partial charge in [-0.2, -0.15) is 10.3 Å². The van der Waals surface area contributed by atoms with Crippen molar-refractivity contribution in [2.45, 2.75) is 13.5 Å². The first-order valence-electron chi connectivity index (χ1n) is 10.6. The third kappa shape index (κ3) is 3.93. The number of ketones is 1. The van der Waals surface area contributed by atoms with Crippen LogP contribution in [0.25, 0.3) is 6.08 Å². The molecule has 34 heavy (non-hydrogen) atoms. The number of carbonyl (C=O) groups is 2. The van der Waals surface area contributed by atoms with E-state index in [4.69, 9.17) is 9.47 Å². The van der Waals surface area contributed by atoms with Gasteiger partial charge in [-0.25, -0.2) is 0 Å². The molecule has 0 radical (unpaired) electrons. The topological polar surface area (TPSA) is 92.0 Å². The van der Waals surface area contributed by atoms with Crippen LogP contribution < -0.4 is 14.4 Å². The Balaban J connectivity index is 1.53. The van der Waals surface area contributed by atoms with Gasteiger partial charge in [0.1, 0.15) is 17.5 Å². The maximum Gasteiger partial charge on any atom is 0.289 e.